The summed E-state index contributed by atoms with van der Waals surface area (Å²) in [5.41, 5.74) is 3.75. The van der Waals surface area contributed by atoms with E-state index in [9.17, 15) is 0 Å². The zero-order valence-electron chi connectivity index (χ0n) is 8.76. The Morgan fingerprint density at radius 3 is 2.79 bits per heavy atom. The molecule has 0 bridgehead atoms. The molecule has 0 amide bonds. The van der Waals surface area contributed by atoms with Gasteiger partial charge < -0.3 is 9.47 Å². The predicted molar refractivity (Wildman–Crippen MR) is 56.8 cm³/mol. The predicted octanol–water partition coefficient (Wildman–Crippen LogP) is 2.88. The van der Waals surface area contributed by atoms with Crippen LogP contribution < -0.4 is 9.47 Å². The van der Waals surface area contributed by atoms with E-state index in [1.54, 1.807) is 7.11 Å². The average molecular weight is 190 g/mol. The summed E-state index contributed by atoms with van der Waals surface area (Å²) in [6.45, 7) is 4.87. The van der Waals surface area contributed by atoms with E-state index in [1.807, 2.05) is 12.1 Å². The second-order valence-electron chi connectivity index (χ2n) is 3.60. The summed E-state index contributed by atoms with van der Waals surface area (Å²) < 4.78 is 10.8. The normalized spacial score (nSPS) is 13.5. The van der Waals surface area contributed by atoms with Crippen LogP contribution in [0.25, 0.3) is 5.57 Å². The van der Waals surface area contributed by atoms with Gasteiger partial charge in [0.2, 0.25) is 0 Å². The van der Waals surface area contributed by atoms with Crippen molar-refractivity contribution in [1.29, 1.82) is 0 Å². The third-order valence-electron chi connectivity index (χ3n) is 2.49. The van der Waals surface area contributed by atoms with Gasteiger partial charge in [-0.2, -0.15) is 0 Å². The average Bonchev–Trinajstić information content (AvgIpc) is 2.60. The van der Waals surface area contributed by atoms with Crippen molar-refractivity contribution in [2.24, 2.45) is 0 Å². The first-order valence-electron chi connectivity index (χ1n) is 4.70. The molecule has 0 aromatic heterocycles. The highest BCUT2D eigenvalue weighted by molar-refractivity contribution is 5.78. The largest absolute Gasteiger partial charge is 0.493 e. The van der Waals surface area contributed by atoms with Crippen LogP contribution in [0.3, 0.4) is 0 Å². The Morgan fingerprint density at radius 2 is 2.14 bits per heavy atom. The van der Waals surface area contributed by atoms with Crippen molar-refractivity contribution in [1.82, 2.24) is 0 Å². The van der Waals surface area contributed by atoms with Gasteiger partial charge in [0, 0.05) is 5.56 Å². The third kappa shape index (κ3) is 1.27. The molecular weight excluding hydrogens is 176 g/mol. The van der Waals surface area contributed by atoms with Crippen LogP contribution in [-0.4, -0.2) is 13.7 Å². The minimum Gasteiger partial charge on any atom is -0.493 e. The van der Waals surface area contributed by atoms with E-state index in [4.69, 9.17) is 9.47 Å². The second-order valence-corrected chi connectivity index (χ2v) is 3.60. The highest BCUT2D eigenvalue weighted by Crippen LogP contribution is 2.41. The Kier molecular flexibility index (Phi) is 2.20. The molecule has 2 heteroatoms. The molecule has 1 aromatic rings. The Hall–Kier alpha value is -1.44. The maximum atomic E-state index is 5.61. The fourth-order valence-corrected chi connectivity index (χ4v) is 1.70. The molecule has 0 saturated carbocycles. The van der Waals surface area contributed by atoms with Crippen molar-refractivity contribution in [2.45, 2.75) is 13.8 Å². The Bertz CT molecular complexity index is 387. The zero-order chi connectivity index (χ0) is 10.1. The summed E-state index contributed by atoms with van der Waals surface area (Å²) in [4.78, 5) is 0. The summed E-state index contributed by atoms with van der Waals surface area (Å²) in [5.74, 6) is 1.70. The van der Waals surface area contributed by atoms with Crippen molar-refractivity contribution in [2.75, 3.05) is 13.7 Å². The summed E-state index contributed by atoms with van der Waals surface area (Å²) in [7, 11) is 1.67. The van der Waals surface area contributed by atoms with Gasteiger partial charge in [0.1, 0.15) is 6.61 Å². The molecule has 1 heterocycles. The maximum absolute atomic E-state index is 5.61. The molecule has 0 atom stereocenters. The van der Waals surface area contributed by atoms with E-state index in [-0.39, 0.29) is 0 Å². The highest BCUT2D eigenvalue weighted by Gasteiger charge is 2.21. The van der Waals surface area contributed by atoms with Gasteiger partial charge in [0.15, 0.2) is 11.5 Å². The molecule has 0 radical (unpaired) electrons. The first kappa shape index (κ1) is 9.13. The smallest absolute Gasteiger partial charge is 0.169 e. The molecule has 0 unspecified atom stereocenters. The van der Waals surface area contributed by atoms with Crippen molar-refractivity contribution in [3.8, 4) is 11.5 Å². The third-order valence-corrected chi connectivity index (χ3v) is 2.49. The van der Waals surface area contributed by atoms with Crippen LogP contribution in [0.15, 0.2) is 23.8 Å². The lowest BCUT2D eigenvalue weighted by molar-refractivity contribution is 0.343. The number of ether oxygens (including phenoxy) is 2. The number of methoxy groups -OCH3 is 1. The summed E-state index contributed by atoms with van der Waals surface area (Å²) in [6.07, 6.45) is 0. The maximum Gasteiger partial charge on any atom is 0.169 e. The van der Waals surface area contributed by atoms with Gasteiger partial charge in [-0.3, -0.25) is 0 Å². The number of hydrogen-bond donors (Lipinski definition) is 0. The topological polar surface area (TPSA) is 18.5 Å². The standard InChI is InChI=1S/C12H14O2/c1-8(2)10-7-14-12-9(10)5-4-6-11(12)13-3/h4-6H,7H2,1-3H3. The lowest BCUT2D eigenvalue weighted by Crippen LogP contribution is -1.90. The van der Waals surface area contributed by atoms with Crippen LogP contribution in [0, 0.1) is 0 Å². The van der Waals surface area contributed by atoms with Gasteiger partial charge in [-0.1, -0.05) is 17.7 Å². The molecule has 0 saturated heterocycles. The van der Waals surface area contributed by atoms with Crippen LogP contribution in [-0.2, 0) is 0 Å². The fraction of sp³-hybridized carbons (Fsp3) is 0.333. The molecule has 2 nitrogen and oxygen atoms in total. The molecule has 1 aliphatic rings. The van der Waals surface area contributed by atoms with Gasteiger partial charge in [-0.25, -0.2) is 0 Å². The van der Waals surface area contributed by atoms with E-state index in [0.717, 1.165) is 11.5 Å². The molecule has 0 spiro atoms. The van der Waals surface area contributed by atoms with Crippen LogP contribution in [0.4, 0.5) is 0 Å². The highest BCUT2D eigenvalue weighted by atomic mass is 16.5. The van der Waals surface area contributed by atoms with E-state index in [2.05, 4.69) is 19.9 Å². The van der Waals surface area contributed by atoms with Crippen molar-refractivity contribution in [3.63, 3.8) is 0 Å². The molecule has 0 aliphatic carbocycles. The van der Waals surface area contributed by atoms with Gasteiger partial charge in [0.05, 0.1) is 7.11 Å². The Labute approximate surface area is 84.2 Å². The van der Waals surface area contributed by atoms with Gasteiger partial charge in [-0.05, 0) is 25.5 Å². The van der Waals surface area contributed by atoms with Crippen LogP contribution >= 0.6 is 0 Å². The molecule has 0 fully saturated rings. The molecule has 2 rings (SSSR count). The summed E-state index contributed by atoms with van der Waals surface area (Å²) >= 11 is 0. The lowest BCUT2D eigenvalue weighted by atomic mass is 10.0. The molecule has 0 N–H and O–H groups in total. The first-order valence-corrected chi connectivity index (χ1v) is 4.70. The number of hydrogen-bond acceptors (Lipinski definition) is 2. The summed E-state index contributed by atoms with van der Waals surface area (Å²) in [6, 6.07) is 6.00. The van der Waals surface area contributed by atoms with Crippen LogP contribution in [0.2, 0.25) is 0 Å². The van der Waals surface area contributed by atoms with E-state index in [0.29, 0.717) is 6.61 Å². The van der Waals surface area contributed by atoms with Gasteiger partial charge in [0.25, 0.3) is 0 Å². The van der Waals surface area contributed by atoms with Gasteiger partial charge in [-0.15, -0.1) is 0 Å². The molecular formula is C12H14O2. The number of para-hydroxylation sites is 1. The fourth-order valence-electron chi connectivity index (χ4n) is 1.70. The van der Waals surface area contributed by atoms with E-state index >= 15 is 0 Å². The van der Waals surface area contributed by atoms with Gasteiger partial charge >= 0.3 is 0 Å². The molecule has 1 aliphatic heterocycles. The monoisotopic (exact) mass is 190 g/mol. The summed E-state index contributed by atoms with van der Waals surface area (Å²) in [5, 5.41) is 0. The van der Waals surface area contributed by atoms with Crippen LogP contribution in [0.1, 0.15) is 19.4 Å². The van der Waals surface area contributed by atoms with Crippen molar-refractivity contribution in [3.05, 3.63) is 29.3 Å². The minimum atomic E-state index is 0.665. The molecule has 14 heavy (non-hydrogen) atoms. The number of allylic oxidation sites excluding steroid dienone is 1. The SMILES string of the molecule is COc1cccc2c1OCC2=C(C)C. The molecule has 74 valence electrons. The van der Waals surface area contributed by atoms with Crippen molar-refractivity contribution >= 4 is 5.57 Å². The Balaban J connectivity index is 2.58. The zero-order valence-corrected chi connectivity index (χ0v) is 8.76. The van der Waals surface area contributed by atoms with E-state index in [1.165, 1.54) is 16.7 Å². The van der Waals surface area contributed by atoms with Crippen molar-refractivity contribution < 1.29 is 9.47 Å². The second kappa shape index (κ2) is 3.37. The lowest BCUT2D eigenvalue weighted by Gasteiger charge is -2.04. The number of rotatable bonds is 1. The van der Waals surface area contributed by atoms with Crippen LogP contribution in [0.5, 0.6) is 11.5 Å². The first-order chi connectivity index (χ1) is 6.74. The van der Waals surface area contributed by atoms with E-state index < -0.39 is 0 Å². The molecule has 1 aromatic carbocycles. The Morgan fingerprint density at radius 1 is 1.36 bits per heavy atom. The number of benzene rings is 1. The quantitative estimate of drug-likeness (QED) is 0.678. The number of fused-ring (bicyclic) bond motifs is 1. The minimum absolute atomic E-state index is 0.665.